The maximum Gasteiger partial charge on any atom is 0.326 e. The van der Waals surface area contributed by atoms with Gasteiger partial charge in [-0.05, 0) is 54.5 Å². The van der Waals surface area contributed by atoms with Crippen molar-refractivity contribution in [3.63, 3.8) is 0 Å². The molecule has 7 N–H and O–H groups in total. The number of phenolic OH excluding ortho intramolecular Hbond substituents is 1. The van der Waals surface area contributed by atoms with Gasteiger partial charge >= 0.3 is 5.97 Å². The van der Waals surface area contributed by atoms with Crippen molar-refractivity contribution in [1.29, 1.82) is 0 Å². The molecule has 1 aromatic heterocycles. The van der Waals surface area contributed by atoms with E-state index in [1.807, 2.05) is 24.3 Å². The topological polar surface area (TPSA) is 178 Å². The molecule has 11 heteroatoms. The van der Waals surface area contributed by atoms with Gasteiger partial charge in [-0.25, -0.2) is 4.79 Å². The number of phenols is 1. The van der Waals surface area contributed by atoms with Crippen LogP contribution in [0.2, 0.25) is 0 Å². The van der Waals surface area contributed by atoms with Gasteiger partial charge in [0.1, 0.15) is 23.9 Å². The quantitative estimate of drug-likeness (QED) is 0.205. The Labute approximate surface area is 238 Å². The second-order valence-corrected chi connectivity index (χ2v) is 10.9. The van der Waals surface area contributed by atoms with Crippen LogP contribution in [0.25, 0.3) is 10.9 Å². The van der Waals surface area contributed by atoms with Crippen molar-refractivity contribution in [3.05, 3.63) is 65.9 Å². The van der Waals surface area contributed by atoms with Crippen LogP contribution in [-0.4, -0.2) is 74.5 Å². The number of benzene rings is 2. The average Bonchev–Trinajstić information content (AvgIpc) is 3.59. The number of carboxylic acid groups (broad SMARTS) is 1. The fourth-order valence-corrected chi connectivity index (χ4v) is 5.24. The molecule has 4 atom stereocenters. The number of hydrogen-bond donors (Lipinski definition) is 6. The third-order valence-electron chi connectivity index (χ3n) is 7.51. The van der Waals surface area contributed by atoms with Crippen molar-refractivity contribution in [1.82, 2.24) is 20.5 Å². The number of likely N-dealkylation sites (tertiary alicyclic amines) is 1. The maximum absolute atomic E-state index is 14.0. The van der Waals surface area contributed by atoms with Crippen LogP contribution in [0.1, 0.15) is 37.8 Å². The van der Waals surface area contributed by atoms with Crippen molar-refractivity contribution in [3.8, 4) is 5.75 Å². The number of nitrogens with one attached hydrogen (secondary N) is 3. The van der Waals surface area contributed by atoms with Crippen LogP contribution < -0.4 is 16.4 Å². The van der Waals surface area contributed by atoms with Gasteiger partial charge in [-0.2, -0.15) is 0 Å². The van der Waals surface area contributed by atoms with Gasteiger partial charge in [0.15, 0.2) is 0 Å². The molecule has 4 rings (SSSR count). The van der Waals surface area contributed by atoms with E-state index in [2.05, 4.69) is 15.6 Å². The first kappa shape index (κ1) is 29.6. The fourth-order valence-electron chi connectivity index (χ4n) is 5.24. The number of para-hydroxylation sites is 1. The number of amides is 3. The molecule has 2 heterocycles. The van der Waals surface area contributed by atoms with Crippen LogP contribution in [0.5, 0.6) is 5.75 Å². The summed E-state index contributed by atoms with van der Waals surface area (Å²) in [5, 5.41) is 25.4. The molecule has 2 aromatic carbocycles. The van der Waals surface area contributed by atoms with E-state index < -0.39 is 47.9 Å². The predicted octanol–water partition coefficient (Wildman–Crippen LogP) is 1.69. The van der Waals surface area contributed by atoms with Gasteiger partial charge in [-0.15, -0.1) is 0 Å². The largest absolute Gasteiger partial charge is 0.508 e. The van der Waals surface area contributed by atoms with Gasteiger partial charge in [-0.3, -0.25) is 14.4 Å². The van der Waals surface area contributed by atoms with Crippen LogP contribution in [-0.2, 0) is 32.0 Å². The number of carboxylic acids is 1. The second-order valence-electron chi connectivity index (χ2n) is 10.9. The molecular formula is C30H37N5O6. The summed E-state index contributed by atoms with van der Waals surface area (Å²) in [7, 11) is 0. The van der Waals surface area contributed by atoms with Crippen molar-refractivity contribution in [2.24, 2.45) is 11.7 Å². The molecule has 218 valence electrons. The first-order chi connectivity index (χ1) is 19.5. The molecule has 0 saturated carbocycles. The molecule has 1 aliphatic rings. The zero-order valence-electron chi connectivity index (χ0n) is 23.2. The molecule has 4 unspecified atom stereocenters. The van der Waals surface area contributed by atoms with E-state index in [0.717, 1.165) is 22.0 Å². The van der Waals surface area contributed by atoms with Gasteiger partial charge in [0, 0.05) is 30.1 Å². The van der Waals surface area contributed by atoms with Crippen molar-refractivity contribution in [2.75, 3.05) is 6.54 Å². The van der Waals surface area contributed by atoms with Gasteiger partial charge in [0.2, 0.25) is 17.7 Å². The number of carbonyl (C=O) groups is 4. The van der Waals surface area contributed by atoms with Gasteiger partial charge in [-0.1, -0.05) is 44.2 Å². The normalized spacial score (nSPS) is 17.3. The number of aromatic hydroxyl groups is 1. The Kier molecular flexibility index (Phi) is 9.28. The summed E-state index contributed by atoms with van der Waals surface area (Å²) in [4.78, 5) is 56.6. The number of nitrogens with two attached hydrogens (primary N) is 1. The first-order valence-corrected chi connectivity index (χ1v) is 13.8. The summed E-state index contributed by atoms with van der Waals surface area (Å²) >= 11 is 0. The van der Waals surface area contributed by atoms with Gasteiger partial charge < -0.3 is 36.5 Å². The van der Waals surface area contributed by atoms with E-state index in [1.165, 1.54) is 17.0 Å². The monoisotopic (exact) mass is 563 g/mol. The van der Waals surface area contributed by atoms with Crippen LogP contribution in [0.3, 0.4) is 0 Å². The number of H-pyrrole nitrogens is 1. The Balaban J connectivity index is 1.55. The number of carbonyl (C=O) groups excluding carboxylic acids is 3. The molecule has 0 aliphatic carbocycles. The Hall–Kier alpha value is -4.38. The SMILES string of the molecule is CC(C)C(NC(=O)C1CCCN1C(=O)C(Cc1c[nH]c2ccccc12)NC(=O)C(N)Cc1ccc(O)cc1)C(=O)O. The third-order valence-corrected chi connectivity index (χ3v) is 7.51. The van der Waals surface area contributed by atoms with Crippen molar-refractivity contribution in [2.45, 2.75) is 63.7 Å². The van der Waals surface area contributed by atoms with Gasteiger partial charge in [0.05, 0.1) is 6.04 Å². The number of aliphatic carboxylic acids is 1. The summed E-state index contributed by atoms with van der Waals surface area (Å²) in [5.74, 6) is -2.87. The molecule has 0 spiro atoms. The van der Waals surface area contributed by atoms with E-state index in [1.54, 1.807) is 32.2 Å². The predicted molar refractivity (Wildman–Crippen MR) is 153 cm³/mol. The molecule has 3 amide bonds. The number of fused-ring (bicyclic) bond motifs is 1. The summed E-state index contributed by atoms with van der Waals surface area (Å²) in [6.07, 6.45) is 3.10. The molecule has 41 heavy (non-hydrogen) atoms. The highest BCUT2D eigenvalue weighted by molar-refractivity contribution is 5.95. The van der Waals surface area contributed by atoms with E-state index >= 15 is 0 Å². The minimum atomic E-state index is -1.14. The van der Waals surface area contributed by atoms with Crippen LogP contribution in [0.15, 0.2) is 54.7 Å². The van der Waals surface area contributed by atoms with E-state index in [-0.39, 0.29) is 24.5 Å². The highest BCUT2D eigenvalue weighted by atomic mass is 16.4. The Morgan fingerprint density at radius 2 is 1.76 bits per heavy atom. The number of nitrogens with zero attached hydrogens (tertiary/aromatic N) is 1. The first-order valence-electron chi connectivity index (χ1n) is 13.8. The number of aromatic amines is 1. The van der Waals surface area contributed by atoms with Gasteiger partial charge in [0.25, 0.3) is 0 Å². The maximum atomic E-state index is 14.0. The molecule has 11 nitrogen and oxygen atoms in total. The van der Waals surface area contributed by atoms with Crippen LogP contribution in [0.4, 0.5) is 0 Å². The van der Waals surface area contributed by atoms with Crippen LogP contribution >= 0.6 is 0 Å². The Morgan fingerprint density at radius 3 is 2.44 bits per heavy atom. The van der Waals surface area contributed by atoms with E-state index in [4.69, 9.17) is 5.73 Å². The summed E-state index contributed by atoms with van der Waals surface area (Å²) in [5.41, 5.74) is 8.67. The zero-order valence-corrected chi connectivity index (χ0v) is 23.2. The highest BCUT2D eigenvalue weighted by Gasteiger charge is 2.39. The number of rotatable bonds is 11. The molecule has 1 saturated heterocycles. The zero-order chi connectivity index (χ0) is 29.7. The number of hydrogen-bond acceptors (Lipinski definition) is 6. The minimum Gasteiger partial charge on any atom is -0.508 e. The molecular weight excluding hydrogens is 526 g/mol. The fraction of sp³-hybridized carbons (Fsp3) is 0.400. The third kappa shape index (κ3) is 7.04. The lowest BCUT2D eigenvalue weighted by Crippen LogP contribution is -2.58. The summed E-state index contributed by atoms with van der Waals surface area (Å²) in [6, 6.07) is 10.1. The molecule has 0 bridgehead atoms. The summed E-state index contributed by atoms with van der Waals surface area (Å²) < 4.78 is 0. The average molecular weight is 564 g/mol. The lowest BCUT2D eigenvalue weighted by atomic mass is 10.0. The Morgan fingerprint density at radius 1 is 1.05 bits per heavy atom. The van der Waals surface area contributed by atoms with E-state index in [0.29, 0.717) is 19.4 Å². The van der Waals surface area contributed by atoms with Crippen molar-refractivity contribution < 1.29 is 29.4 Å². The lowest BCUT2D eigenvalue weighted by molar-refractivity contribution is -0.145. The highest BCUT2D eigenvalue weighted by Crippen LogP contribution is 2.23. The van der Waals surface area contributed by atoms with Crippen molar-refractivity contribution >= 4 is 34.6 Å². The summed E-state index contributed by atoms with van der Waals surface area (Å²) in [6.45, 7) is 3.70. The molecule has 3 aromatic rings. The molecule has 1 fully saturated rings. The minimum absolute atomic E-state index is 0.100. The standard InChI is InChI=1S/C30H37N5O6/c1-17(2)26(30(40)41)34-28(38)25-8-5-13-35(25)29(39)24(15-19-16-32-23-7-4-3-6-21(19)23)33-27(37)22(31)14-18-9-11-20(36)12-10-18/h3-4,6-7,9-12,16-17,22,24-26,32,36H,5,8,13-15,31H2,1-2H3,(H,33,37)(H,34,38)(H,40,41). The van der Waals surface area contributed by atoms with E-state index in [9.17, 15) is 29.4 Å². The molecule has 0 radical (unpaired) electrons. The smallest absolute Gasteiger partial charge is 0.326 e. The lowest BCUT2D eigenvalue weighted by Gasteiger charge is -2.30. The Bertz CT molecular complexity index is 1400. The second kappa shape index (κ2) is 12.9. The number of aromatic nitrogens is 1. The van der Waals surface area contributed by atoms with Crippen LogP contribution in [0, 0.1) is 5.92 Å². The molecule has 1 aliphatic heterocycles.